The van der Waals surface area contributed by atoms with E-state index in [1.807, 2.05) is 12.1 Å². The smallest absolute Gasteiger partial charge is 0.163 e. The maximum absolute atomic E-state index is 9.59. The number of ether oxygens (including phenoxy) is 2. The lowest BCUT2D eigenvalue weighted by atomic mass is 10.1. The topological polar surface area (TPSA) is 114 Å². The number of nitriles is 1. The van der Waals surface area contributed by atoms with Gasteiger partial charge in [0.2, 0.25) is 0 Å². The molecule has 10 heteroatoms. The molecule has 0 radical (unpaired) electrons. The number of nitrogens with zero attached hydrogens (tertiary/aromatic N) is 7. The van der Waals surface area contributed by atoms with E-state index in [0.29, 0.717) is 30.2 Å². The van der Waals surface area contributed by atoms with Gasteiger partial charge in [-0.05, 0) is 11.3 Å². The summed E-state index contributed by atoms with van der Waals surface area (Å²) in [6.45, 7) is 4.25. The molecule has 3 aromatic rings. The van der Waals surface area contributed by atoms with Crippen molar-refractivity contribution in [1.29, 1.82) is 5.26 Å². The molecule has 0 atom stereocenters. The van der Waals surface area contributed by atoms with Gasteiger partial charge in [-0.1, -0.05) is 0 Å². The van der Waals surface area contributed by atoms with Crippen LogP contribution < -0.4 is 19.7 Å². The largest absolute Gasteiger partial charge is 0.493 e. The van der Waals surface area contributed by atoms with Gasteiger partial charge in [0.15, 0.2) is 17.8 Å². The van der Waals surface area contributed by atoms with Gasteiger partial charge in [-0.3, -0.25) is 4.98 Å². The first-order valence-corrected chi connectivity index (χ1v) is 9.00. The molecule has 0 aliphatic carbocycles. The Kier molecular flexibility index (Phi) is 5.16. The first kappa shape index (κ1) is 17.9. The highest BCUT2D eigenvalue weighted by molar-refractivity contribution is 5.96. The third-order valence-electron chi connectivity index (χ3n) is 4.62. The van der Waals surface area contributed by atoms with Gasteiger partial charge in [0.25, 0.3) is 0 Å². The summed E-state index contributed by atoms with van der Waals surface area (Å²) in [6.07, 6.45) is 3.00. The van der Waals surface area contributed by atoms with Crippen LogP contribution in [-0.2, 0) is 6.54 Å². The molecule has 0 unspecified atom stereocenters. The summed E-state index contributed by atoms with van der Waals surface area (Å²) >= 11 is 0. The van der Waals surface area contributed by atoms with Crippen molar-refractivity contribution in [3.8, 4) is 17.6 Å². The Labute approximate surface area is 161 Å². The normalized spacial score (nSPS) is 14.1. The fourth-order valence-electron chi connectivity index (χ4n) is 3.30. The third kappa shape index (κ3) is 3.52. The minimum atomic E-state index is 0.360. The van der Waals surface area contributed by atoms with Gasteiger partial charge in [0.1, 0.15) is 12.7 Å². The van der Waals surface area contributed by atoms with Crippen LogP contribution in [0.4, 0.5) is 5.69 Å². The maximum atomic E-state index is 9.59. The van der Waals surface area contributed by atoms with Crippen LogP contribution >= 0.6 is 0 Å². The lowest BCUT2D eigenvalue weighted by Gasteiger charge is -2.31. The second-order valence-electron chi connectivity index (χ2n) is 6.27. The zero-order valence-electron chi connectivity index (χ0n) is 15.5. The summed E-state index contributed by atoms with van der Waals surface area (Å²) < 4.78 is 11.4. The van der Waals surface area contributed by atoms with Crippen molar-refractivity contribution in [1.82, 2.24) is 30.5 Å². The highest BCUT2D eigenvalue weighted by atomic mass is 16.5. The van der Waals surface area contributed by atoms with Gasteiger partial charge in [-0.25, -0.2) is 0 Å². The van der Waals surface area contributed by atoms with E-state index in [2.05, 4.69) is 36.7 Å². The molecule has 0 saturated carbocycles. The number of piperazine rings is 1. The summed E-state index contributed by atoms with van der Waals surface area (Å²) in [7, 11) is 1.60. The summed E-state index contributed by atoms with van der Waals surface area (Å²) in [5.74, 6) is 1.17. The average Bonchev–Trinajstić information content (AvgIpc) is 3.26. The number of anilines is 1. The van der Waals surface area contributed by atoms with E-state index in [1.165, 1.54) is 11.1 Å². The number of rotatable bonds is 6. The van der Waals surface area contributed by atoms with Gasteiger partial charge < -0.3 is 19.7 Å². The minimum absolute atomic E-state index is 0.360. The zero-order valence-corrected chi connectivity index (χ0v) is 15.5. The Hall–Kier alpha value is -3.45. The summed E-state index contributed by atoms with van der Waals surface area (Å²) in [6, 6.07) is 6.00. The van der Waals surface area contributed by atoms with Crippen molar-refractivity contribution in [2.75, 3.05) is 44.8 Å². The van der Waals surface area contributed by atoms with Gasteiger partial charge >= 0.3 is 0 Å². The number of methoxy groups -OCH3 is 1. The molecule has 10 nitrogen and oxygen atoms in total. The summed E-state index contributed by atoms with van der Waals surface area (Å²) in [5, 5.41) is 25.2. The Morgan fingerprint density at radius 1 is 1.25 bits per heavy atom. The van der Waals surface area contributed by atoms with E-state index >= 15 is 0 Å². The molecular weight excluding hydrogens is 360 g/mol. The molecule has 1 fully saturated rings. The van der Waals surface area contributed by atoms with Crippen LogP contribution in [0.15, 0.2) is 24.7 Å². The van der Waals surface area contributed by atoms with E-state index in [4.69, 9.17) is 9.47 Å². The number of tetrazole rings is 1. The van der Waals surface area contributed by atoms with Gasteiger partial charge in [-0.2, -0.15) is 10.1 Å². The number of aromatic nitrogens is 5. The highest BCUT2D eigenvalue weighted by Crippen LogP contribution is 2.37. The second kappa shape index (κ2) is 8.06. The monoisotopic (exact) mass is 380 g/mol. The van der Waals surface area contributed by atoms with Crippen LogP contribution in [0.2, 0.25) is 0 Å². The second-order valence-corrected chi connectivity index (χ2v) is 6.27. The van der Waals surface area contributed by atoms with Crippen LogP contribution in [0.5, 0.6) is 11.5 Å². The molecule has 1 aromatic carbocycles. The molecule has 1 N–H and O–H groups in total. The SMILES string of the molecule is COc1cc2c(N3CCNCC3)c(C#N)cnc2cc1OCCn1ncnn1. The minimum Gasteiger partial charge on any atom is -0.493 e. The maximum Gasteiger partial charge on any atom is 0.163 e. The number of nitrogens with one attached hydrogen (secondary N) is 1. The number of benzene rings is 1. The quantitative estimate of drug-likeness (QED) is 0.656. The zero-order chi connectivity index (χ0) is 19.3. The first-order valence-electron chi connectivity index (χ1n) is 9.00. The Balaban J connectivity index is 1.68. The van der Waals surface area contributed by atoms with Crippen molar-refractivity contribution >= 4 is 16.6 Å². The molecule has 0 bridgehead atoms. The van der Waals surface area contributed by atoms with Gasteiger partial charge in [-0.15, -0.1) is 10.2 Å². The van der Waals surface area contributed by atoms with Crippen molar-refractivity contribution < 1.29 is 9.47 Å². The lowest BCUT2D eigenvalue weighted by Crippen LogP contribution is -2.43. The molecule has 3 heterocycles. The molecular formula is C18H20N8O2. The van der Waals surface area contributed by atoms with E-state index in [0.717, 1.165) is 42.8 Å². The van der Waals surface area contributed by atoms with Crippen LogP contribution in [0.1, 0.15) is 5.56 Å². The molecule has 1 aliphatic rings. The average molecular weight is 380 g/mol. The van der Waals surface area contributed by atoms with Gasteiger partial charge in [0.05, 0.1) is 30.4 Å². The number of hydrogen-bond donors (Lipinski definition) is 1. The van der Waals surface area contributed by atoms with E-state index in [9.17, 15) is 5.26 Å². The number of fused-ring (bicyclic) bond motifs is 1. The third-order valence-corrected chi connectivity index (χ3v) is 4.62. The Bertz CT molecular complexity index is 993. The first-order chi connectivity index (χ1) is 13.8. The van der Waals surface area contributed by atoms with E-state index in [-0.39, 0.29) is 0 Å². The van der Waals surface area contributed by atoms with Crippen molar-refractivity contribution in [2.24, 2.45) is 0 Å². The predicted molar refractivity (Wildman–Crippen MR) is 101 cm³/mol. The lowest BCUT2D eigenvalue weighted by molar-refractivity contribution is 0.266. The summed E-state index contributed by atoms with van der Waals surface area (Å²) in [4.78, 5) is 8.13. The fraction of sp³-hybridized carbons (Fsp3) is 0.389. The molecule has 1 aliphatic heterocycles. The standard InChI is InChI=1S/C18H20N8O2/c1-27-16-8-14-15(9-17(16)28-7-6-26-23-12-22-24-26)21-11-13(10-19)18(14)25-4-2-20-3-5-25/h8-9,11-12,20H,2-7H2,1H3. The Morgan fingerprint density at radius 2 is 2.11 bits per heavy atom. The van der Waals surface area contributed by atoms with E-state index < -0.39 is 0 Å². The van der Waals surface area contributed by atoms with Gasteiger partial charge in [0, 0.05) is 43.8 Å². The predicted octanol–water partition coefficient (Wildman–Crippen LogP) is 0.590. The van der Waals surface area contributed by atoms with Crippen LogP contribution in [0.3, 0.4) is 0 Å². The van der Waals surface area contributed by atoms with Crippen molar-refractivity contribution in [3.63, 3.8) is 0 Å². The van der Waals surface area contributed by atoms with Crippen molar-refractivity contribution in [2.45, 2.75) is 6.54 Å². The highest BCUT2D eigenvalue weighted by Gasteiger charge is 2.20. The number of hydrogen-bond acceptors (Lipinski definition) is 9. The fourth-order valence-corrected chi connectivity index (χ4v) is 3.30. The molecule has 2 aromatic heterocycles. The van der Waals surface area contributed by atoms with Crippen LogP contribution in [0, 0.1) is 11.3 Å². The molecule has 0 amide bonds. The Morgan fingerprint density at radius 3 is 2.82 bits per heavy atom. The van der Waals surface area contributed by atoms with Crippen LogP contribution in [0.25, 0.3) is 10.9 Å². The molecule has 144 valence electrons. The molecule has 4 rings (SSSR count). The molecule has 0 spiro atoms. The van der Waals surface area contributed by atoms with Crippen molar-refractivity contribution in [3.05, 3.63) is 30.2 Å². The molecule has 28 heavy (non-hydrogen) atoms. The molecule has 1 saturated heterocycles. The van der Waals surface area contributed by atoms with Crippen LogP contribution in [-0.4, -0.2) is 65.1 Å². The van der Waals surface area contributed by atoms with E-state index in [1.54, 1.807) is 13.3 Å². The number of pyridine rings is 1. The summed E-state index contributed by atoms with van der Waals surface area (Å²) in [5.41, 5.74) is 2.20.